The van der Waals surface area contributed by atoms with Gasteiger partial charge in [-0.2, -0.15) is 13.2 Å². The Morgan fingerprint density at radius 1 is 1.20 bits per heavy atom. The summed E-state index contributed by atoms with van der Waals surface area (Å²) < 4.78 is 38.2. The van der Waals surface area contributed by atoms with E-state index in [4.69, 9.17) is 0 Å². The summed E-state index contributed by atoms with van der Waals surface area (Å²) in [5.74, 6) is -0.398. The molecular formula is C17H14F3N3OS. The molecule has 3 rings (SSSR count). The molecule has 2 aromatic carbocycles. The average Bonchev–Trinajstić information content (AvgIpc) is 2.96. The number of aromatic nitrogens is 2. The highest BCUT2D eigenvalue weighted by Gasteiger charge is 2.30. The molecule has 8 heteroatoms. The summed E-state index contributed by atoms with van der Waals surface area (Å²) in [6.45, 7) is 1.67. The van der Waals surface area contributed by atoms with Crippen molar-refractivity contribution < 1.29 is 18.0 Å². The van der Waals surface area contributed by atoms with Crippen LogP contribution in [0, 0.1) is 0 Å². The van der Waals surface area contributed by atoms with E-state index in [1.807, 2.05) is 24.3 Å². The van der Waals surface area contributed by atoms with Gasteiger partial charge < -0.3 is 10.3 Å². The molecule has 1 atom stereocenters. The van der Waals surface area contributed by atoms with Crippen molar-refractivity contribution in [3.8, 4) is 0 Å². The lowest BCUT2D eigenvalue weighted by atomic mass is 10.2. The minimum Gasteiger partial charge on any atom is -0.333 e. The van der Waals surface area contributed by atoms with Crippen LogP contribution in [-0.2, 0) is 11.0 Å². The lowest BCUT2D eigenvalue weighted by Gasteiger charge is -2.12. The van der Waals surface area contributed by atoms with E-state index in [0.717, 1.165) is 23.2 Å². The summed E-state index contributed by atoms with van der Waals surface area (Å²) in [6.07, 6.45) is -4.45. The van der Waals surface area contributed by atoms with Crippen molar-refractivity contribution in [3.05, 3.63) is 54.1 Å². The zero-order chi connectivity index (χ0) is 18.0. The summed E-state index contributed by atoms with van der Waals surface area (Å²) in [7, 11) is 0. The number of carbonyl (C=O) groups is 1. The first kappa shape index (κ1) is 17.3. The summed E-state index contributed by atoms with van der Waals surface area (Å²) in [4.78, 5) is 19.7. The Bertz CT molecular complexity index is 874. The van der Waals surface area contributed by atoms with E-state index in [2.05, 4.69) is 15.3 Å². The maximum Gasteiger partial charge on any atom is 0.416 e. The third-order valence-electron chi connectivity index (χ3n) is 3.48. The van der Waals surface area contributed by atoms with E-state index >= 15 is 0 Å². The fourth-order valence-electron chi connectivity index (χ4n) is 2.22. The largest absolute Gasteiger partial charge is 0.416 e. The van der Waals surface area contributed by atoms with Crippen LogP contribution in [0.4, 0.5) is 18.9 Å². The Kier molecular flexibility index (Phi) is 4.71. The second-order valence-electron chi connectivity index (χ2n) is 5.39. The fourth-order valence-corrected chi connectivity index (χ4v) is 3.04. The third-order valence-corrected chi connectivity index (χ3v) is 4.47. The number of benzene rings is 2. The molecule has 1 amide bonds. The number of amides is 1. The van der Waals surface area contributed by atoms with E-state index < -0.39 is 22.9 Å². The first-order valence-corrected chi connectivity index (χ1v) is 8.30. The summed E-state index contributed by atoms with van der Waals surface area (Å²) in [5, 5.41) is 2.55. The van der Waals surface area contributed by atoms with Crippen molar-refractivity contribution >= 4 is 34.4 Å². The molecule has 3 aromatic rings. The smallest absolute Gasteiger partial charge is 0.333 e. The predicted molar refractivity (Wildman–Crippen MR) is 91.5 cm³/mol. The van der Waals surface area contributed by atoms with Gasteiger partial charge in [0.25, 0.3) is 0 Å². The van der Waals surface area contributed by atoms with E-state index in [-0.39, 0.29) is 5.69 Å². The van der Waals surface area contributed by atoms with Gasteiger partial charge in [-0.05, 0) is 37.3 Å². The molecule has 0 spiro atoms. The monoisotopic (exact) mass is 365 g/mol. The van der Waals surface area contributed by atoms with Gasteiger partial charge in [-0.3, -0.25) is 4.79 Å². The zero-order valence-corrected chi connectivity index (χ0v) is 13.9. The molecule has 1 heterocycles. The van der Waals surface area contributed by atoms with Gasteiger partial charge in [-0.15, -0.1) is 0 Å². The number of nitrogens with one attached hydrogen (secondary N) is 2. The lowest BCUT2D eigenvalue weighted by molar-refractivity contribution is -0.137. The molecule has 130 valence electrons. The number of carbonyl (C=O) groups excluding carboxylic acids is 1. The molecule has 25 heavy (non-hydrogen) atoms. The molecule has 1 unspecified atom stereocenters. The molecule has 0 radical (unpaired) electrons. The maximum atomic E-state index is 12.7. The summed E-state index contributed by atoms with van der Waals surface area (Å²) >= 11 is 1.21. The SMILES string of the molecule is CC(Sc1nc2ccccc2[nH]1)C(=O)Nc1cccc(C(F)(F)F)c1. The quantitative estimate of drug-likeness (QED) is 0.659. The number of H-pyrrole nitrogens is 1. The number of anilines is 1. The molecule has 0 aliphatic carbocycles. The standard InChI is InChI=1S/C17H14F3N3OS/c1-10(25-16-22-13-7-2-3-8-14(13)23-16)15(24)21-12-6-4-5-11(9-12)17(18,19)20/h2-10H,1H3,(H,21,24)(H,22,23). The fraction of sp³-hybridized carbons (Fsp3) is 0.176. The lowest BCUT2D eigenvalue weighted by Crippen LogP contribution is -2.22. The number of para-hydroxylation sites is 2. The van der Waals surface area contributed by atoms with Crippen molar-refractivity contribution in [1.82, 2.24) is 9.97 Å². The molecule has 1 aromatic heterocycles. The van der Waals surface area contributed by atoms with Gasteiger partial charge in [0, 0.05) is 5.69 Å². The van der Waals surface area contributed by atoms with Gasteiger partial charge in [0.1, 0.15) is 0 Å². The van der Waals surface area contributed by atoms with Gasteiger partial charge in [-0.25, -0.2) is 4.98 Å². The van der Waals surface area contributed by atoms with Crippen molar-refractivity contribution in [2.24, 2.45) is 0 Å². The van der Waals surface area contributed by atoms with Gasteiger partial charge in [0.15, 0.2) is 5.16 Å². The Morgan fingerprint density at radius 3 is 2.68 bits per heavy atom. The molecule has 0 saturated carbocycles. The van der Waals surface area contributed by atoms with Crippen LogP contribution in [0.25, 0.3) is 11.0 Å². The van der Waals surface area contributed by atoms with Crippen LogP contribution in [0.1, 0.15) is 12.5 Å². The van der Waals surface area contributed by atoms with E-state index in [9.17, 15) is 18.0 Å². The van der Waals surface area contributed by atoms with Gasteiger partial charge in [-0.1, -0.05) is 30.0 Å². The topological polar surface area (TPSA) is 57.8 Å². The second kappa shape index (κ2) is 6.79. The van der Waals surface area contributed by atoms with E-state index in [0.29, 0.717) is 5.16 Å². The zero-order valence-electron chi connectivity index (χ0n) is 13.1. The molecule has 0 bridgehead atoms. The highest BCUT2D eigenvalue weighted by atomic mass is 32.2. The molecule has 0 fully saturated rings. The first-order chi connectivity index (χ1) is 11.8. The molecule has 0 saturated heterocycles. The number of halogens is 3. The molecule has 0 aliphatic rings. The predicted octanol–water partition coefficient (Wildman–Crippen LogP) is 4.70. The van der Waals surface area contributed by atoms with Crippen molar-refractivity contribution in [2.45, 2.75) is 23.5 Å². The highest BCUT2D eigenvalue weighted by Crippen LogP contribution is 2.31. The Morgan fingerprint density at radius 2 is 1.96 bits per heavy atom. The highest BCUT2D eigenvalue weighted by molar-refractivity contribution is 8.00. The van der Waals surface area contributed by atoms with Crippen LogP contribution in [-0.4, -0.2) is 21.1 Å². The van der Waals surface area contributed by atoms with Crippen LogP contribution in [0.2, 0.25) is 0 Å². The number of hydrogen-bond donors (Lipinski definition) is 2. The van der Waals surface area contributed by atoms with Crippen LogP contribution >= 0.6 is 11.8 Å². The van der Waals surface area contributed by atoms with Crippen LogP contribution in [0.3, 0.4) is 0 Å². The number of alkyl halides is 3. The number of rotatable bonds is 4. The Hall–Kier alpha value is -2.48. The maximum absolute atomic E-state index is 12.7. The Labute approximate surface area is 145 Å². The second-order valence-corrected chi connectivity index (χ2v) is 6.72. The van der Waals surface area contributed by atoms with Gasteiger partial charge in [0.05, 0.1) is 21.8 Å². The molecular weight excluding hydrogens is 351 g/mol. The number of fused-ring (bicyclic) bond motifs is 1. The Balaban J connectivity index is 1.68. The van der Waals surface area contributed by atoms with Crippen LogP contribution in [0.15, 0.2) is 53.7 Å². The molecule has 0 aliphatic heterocycles. The molecule has 2 N–H and O–H groups in total. The van der Waals surface area contributed by atoms with Gasteiger partial charge >= 0.3 is 6.18 Å². The average molecular weight is 365 g/mol. The van der Waals surface area contributed by atoms with Crippen molar-refractivity contribution in [2.75, 3.05) is 5.32 Å². The number of hydrogen-bond acceptors (Lipinski definition) is 3. The van der Waals surface area contributed by atoms with E-state index in [1.54, 1.807) is 6.92 Å². The van der Waals surface area contributed by atoms with Crippen molar-refractivity contribution in [1.29, 1.82) is 0 Å². The number of nitrogens with zero attached hydrogens (tertiary/aromatic N) is 1. The van der Waals surface area contributed by atoms with Crippen LogP contribution < -0.4 is 5.32 Å². The minimum absolute atomic E-state index is 0.108. The summed E-state index contributed by atoms with van der Waals surface area (Å²) in [5.41, 5.74) is 0.950. The third kappa shape index (κ3) is 4.14. The number of imidazole rings is 1. The van der Waals surface area contributed by atoms with Gasteiger partial charge in [0.2, 0.25) is 5.91 Å². The van der Waals surface area contributed by atoms with E-state index in [1.165, 1.54) is 23.9 Å². The summed E-state index contributed by atoms with van der Waals surface area (Å²) in [6, 6.07) is 12.0. The normalized spacial score (nSPS) is 13.0. The number of aromatic amines is 1. The number of thioether (sulfide) groups is 1. The van der Waals surface area contributed by atoms with Crippen molar-refractivity contribution in [3.63, 3.8) is 0 Å². The van der Waals surface area contributed by atoms with Crippen LogP contribution in [0.5, 0.6) is 0 Å². The first-order valence-electron chi connectivity index (χ1n) is 7.42. The molecule has 4 nitrogen and oxygen atoms in total. The minimum atomic E-state index is -4.45.